The molecule has 0 radical (unpaired) electrons. The second kappa shape index (κ2) is 10.1. The van der Waals surface area contributed by atoms with Crippen LogP contribution in [0.1, 0.15) is 70.1 Å². The number of nitrogens with one attached hydrogen (secondary N) is 1. The topological polar surface area (TPSA) is 65.4 Å². The summed E-state index contributed by atoms with van der Waals surface area (Å²) in [6, 6.07) is 13.9. The predicted molar refractivity (Wildman–Crippen MR) is 136 cm³/mol. The van der Waals surface area contributed by atoms with Crippen molar-refractivity contribution in [2.45, 2.75) is 65.3 Å². The highest BCUT2D eigenvalue weighted by molar-refractivity contribution is 6.09. The maximum absolute atomic E-state index is 12.8. The molecule has 0 saturated carbocycles. The second-order valence-corrected chi connectivity index (χ2v) is 9.40. The van der Waals surface area contributed by atoms with Crippen LogP contribution in [0.3, 0.4) is 0 Å². The van der Waals surface area contributed by atoms with Crippen molar-refractivity contribution in [3.05, 3.63) is 58.7 Å². The Morgan fingerprint density at radius 3 is 2.55 bits per heavy atom. The van der Waals surface area contributed by atoms with E-state index in [0.29, 0.717) is 17.4 Å². The van der Waals surface area contributed by atoms with Gasteiger partial charge in [-0.2, -0.15) is 5.26 Å². The smallest absolute Gasteiger partial charge is 0.266 e. The zero-order valence-corrected chi connectivity index (χ0v) is 20.7. The first-order valence-corrected chi connectivity index (χ1v) is 11.8. The van der Waals surface area contributed by atoms with Gasteiger partial charge in [0.15, 0.2) is 0 Å². The number of methoxy groups -OCH3 is 1. The van der Waals surface area contributed by atoms with E-state index in [2.05, 4.69) is 63.0 Å². The van der Waals surface area contributed by atoms with Crippen LogP contribution in [0.4, 0.5) is 11.4 Å². The number of benzene rings is 2. The third kappa shape index (κ3) is 5.22. The standard InChI is InChI=1S/C28H35N3O2/c1-7-13-31-25-16-26(33-6)21(15-24(25)19(3)17-28(31,4)5)14-22(18-29)27(32)30-23-11-9-20(8-2)10-12-23/h9-12,14-16,19H,7-8,13,17H2,1-6H3,(H,30,32)/b22-14+. The summed E-state index contributed by atoms with van der Waals surface area (Å²) in [5, 5.41) is 12.6. The van der Waals surface area contributed by atoms with Crippen LogP contribution in [0.15, 0.2) is 42.0 Å². The number of aryl methyl sites for hydroxylation is 1. The van der Waals surface area contributed by atoms with Gasteiger partial charge in [0.05, 0.1) is 7.11 Å². The van der Waals surface area contributed by atoms with Crippen LogP contribution in [0.25, 0.3) is 6.08 Å². The summed E-state index contributed by atoms with van der Waals surface area (Å²) in [5.41, 5.74) is 5.10. The SMILES string of the molecule is CCCN1c2cc(OC)c(/C=C(\C#N)C(=O)Nc3ccc(CC)cc3)cc2C(C)CC1(C)C. The fourth-order valence-corrected chi connectivity index (χ4v) is 4.79. The highest BCUT2D eigenvalue weighted by atomic mass is 16.5. The second-order valence-electron chi connectivity index (χ2n) is 9.40. The Kier molecular flexibility index (Phi) is 7.48. The van der Waals surface area contributed by atoms with Crippen molar-refractivity contribution in [2.24, 2.45) is 0 Å². The number of hydrogen-bond acceptors (Lipinski definition) is 4. The van der Waals surface area contributed by atoms with Crippen molar-refractivity contribution >= 4 is 23.4 Å². The minimum absolute atomic E-state index is 0.0435. The van der Waals surface area contributed by atoms with E-state index in [1.54, 1.807) is 13.2 Å². The first-order valence-electron chi connectivity index (χ1n) is 11.8. The first-order chi connectivity index (χ1) is 15.7. The van der Waals surface area contributed by atoms with Crippen LogP contribution in [0.2, 0.25) is 0 Å². The zero-order valence-electron chi connectivity index (χ0n) is 20.7. The van der Waals surface area contributed by atoms with Gasteiger partial charge in [-0.25, -0.2) is 0 Å². The molecule has 2 aromatic rings. The number of anilines is 2. The van der Waals surface area contributed by atoms with Gasteiger partial charge in [-0.1, -0.05) is 32.9 Å². The lowest BCUT2D eigenvalue weighted by Crippen LogP contribution is -2.48. The molecular formula is C28H35N3O2. The van der Waals surface area contributed by atoms with Gasteiger partial charge in [-0.15, -0.1) is 0 Å². The molecule has 3 rings (SSSR count). The summed E-state index contributed by atoms with van der Waals surface area (Å²) in [5.74, 6) is 0.591. The monoisotopic (exact) mass is 445 g/mol. The van der Waals surface area contributed by atoms with Crippen LogP contribution >= 0.6 is 0 Å². The highest BCUT2D eigenvalue weighted by Crippen LogP contribution is 2.46. The number of carbonyl (C=O) groups is 1. The number of hydrogen-bond donors (Lipinski definition) is 1. The maximum Gasteiger partial charge on any atom is 0.266 e. The van der Waals surface area contributed by atoms with Gasteiger partial charge in [0, 0.05) is 35.1 Å². The minimum atomic E-state index is -0.427. The molecule has 1 amide bonds. The molecule has 0 spiro atoms. The first kappa shape index (κ1) is 24.4. The number of carbonyl (C=O) groups excluding carboxylic acids is 1. The third-order valence-corrected chi connectivity index (χ3v) is 6.47. The highest BCUT2D eigenvalue weighted by Gasteiger charge is 2.36. The lowest BCUT2D eigenvalue weighted by Gasteiger charge is -2.47. The van der Waals surface area contributed by atoms with Crippen LogP contribution < -0.4 is 15.0 Å². The zero-order chi connectivity index (χ0) is 24.2. The van der Waals surface area contributed by atoms with Crippen molar-refractivity contribution in [3.8, 4) is 11.8 Å². The van der Waals surface area contributed by atoms with Crippen molar-refractivity contribution in [3.63, 3.8) is 0 Å². The van der Waals surface area contributed by atoms with E-state index in [4.69, 9.17) is 4.74 Å². The summed E-state index contributed by atoms with van der Waals surface area (Å²) in [6.07, 6.45) is 4.65. The molecule has 1 atom stereocenters. The molecule has 174 valence electrons. The van der Waals surface area contributed by atoms with Crippen molar-refractivity contribution < 1.29 is 9.53 Å². The Hall–Kier alpha value is -3.26. The Morgan fingerprint density at radius 2 is 1.97 bits per heavy atom. The summed E-state index contributed by atoms with van der Waals surface area (Å²) in [7, 11) is 1.63. The van der Waals surface area contributed by atoms with Crippen LogP contribution in [0, 0.1) is 11.3 Å². The molecule has 33 heavy (non-hydrogen) atoms. The molecule has 0 fully saturated rings. The number of ether oxygens (including phenoxy) is 1. The molecule has 1 aliphatic rings. The lowest BCUT2D eigenvalue weighted by atomic mass is 9.79. The Morgan fingerprint density at radius 1 is 1.27 bits per heavy atom. The van der Waals surface area contributed by atoms with E-state index >= 15 is 0 Å². The molecule has 2 aromatic carbocycles. The van der Waals surface area contributed by atoms with E-state index in [1.165, 1.54) is 16.8 Å². The largest absolute Gasteiger partial charge is 0.496 e. The quantitative estimate of drug-likeness (QED) is 0.401. The minimum Gasteiger partial charge on any atom is -0.496 e. The summed E-state index contributed by atoms with van der Waals surface area (Å²) < 4.78 is 5.70. The van der Waals surface area contributed by atoms with Gasteiger partial charge in [0.1, 0.15) is 17.4 Å². The summed E-state index contributed by atoms with van der Waals surface area (Å²) in [4.78, 5) is 15.3. The van der Waals surface area contributed by atoms with E-state index < -0.39 is 5.91 Å². The van der Waals surface area contributed by atoms with Gasteiger partial charge in [-0.05, 0) is 74.4 Å². The Labute approximate surface area is 198 Å². The van der Waals surface area contributed by atoms with Gasteiger partial charge < -0.3 is 15.0 Å². The van der Waals surface area contributed by atoms with E-state index in [-0.39, 0.29) is 11.1 Å². The molecule has 1 unspecified atom stereocenters. The van der Waals surface area contributed by atoms with E-state index in [0.717, 1.165) is 31.4 Å². The van der Waals surface area contributed by atoms with Gasteiger partial charge in [0.25, 0.3) is 5.91 Å². The number of nitriles is 1. The molecule has 1 heterocycles. The fraction of sp³-hybridized carbons (Fsp3) is 0.429. The van der Waals surface area contributed by atoms with Crippen molar-refractivity contribution in [2.75, 3.05) is 23.9 Å². The fourth-order valence-electron chi connectivity index (χ4n) is 4.79. The number of amides is 1. The van der Waals surface area contributed by atoms with E-state index in [9.17, 15) is 10.1 Å². The molecule has 5 heteroatoms. The van der Waals surface area contributed by atoms with E-state index in [1.807, 2.05) is 24.3 Å². The molecule has 0 aromatic heterocycles. The number of fused-ring (bicyclic) bond motifs is 1. The van der Waals surface area contributed by atoms with Crippen molar-refractivity contribution in [1.82, 2.24) is 0 Å². The molecule has 5 nitrogen and oxygen atoms in total. The van der Waals surface area contributed by atoms with Crippen LogP contribution in [-0.2, 0) is 11.2 Å². The predicted octanol–water partition coefficient (Wildman–Crippen LogP) is 6.31. The Bertz CT molecular complexity index is 1080. The third-order valence-electron chi connectivity index (χ3n) is 6.47. The van der Waals surface area contributed by atoms with Gasteiger partial charge in [0.2, 0.25) is 0 Å². The average Bonchev–Trinajstić information content (AvgIpc) is 2.79. The summed E-state index contributed by atoms with van der Waals surface area (Å²) >= 11 is 0. The molecule has 0 saturated heterocycles. The molecule has 1 aliphatic heterocycles. The van der Waals surface area contributed by atoms with Crippen LogP contribution in [0.5, 0.6) is 5.75 Å². The number of nitrogens with zero attached hydrogens (tertiary/aromatic N) is 2. The van der Waals surface area contributed by atoms with Gasteiger partial charge in [-0.3, -0.25) is 4.79 Å². The summed E-state index contributed by atoms with van der Waals surface area (Å²) in [6.45, 7) is 12.0. The molecule has 1 N–H and O–H groups in total. The molecule has 0 aliphatic carbocycles. The van der Waals surface area contributed by atoms with Crippen LogP contribution in [-0.4, -0.2) is 25.1 Å². The Balaban J connectivity index is 1.98. The molecular weight excluding hydrogens is 410 g/mol. The molecule has 0 bridgehead atoms. The lowest BCUT2D eigenvalue weighted by molar-refractivity contribution is -0.112. The maximum atomic E-state index is 12.8. The normalized spacial score (nSPS) is 17.2. The van der Waals surface area contributed by atoms with Crippen molar-refractivity contribution in [1.29, 1.82) is 5.26 Å². The van der Waals surface area contributed by atoms with Gasteiger partial charge >= 0.3 is 0 Å². The average molecular weight is 446 g/mol. The number of rotatable bonds is 7.